The number of rotatable bonds is 8. The first-order valence-corrected chi connectivity index (χ1v) is 11.7. The van der Waals surface area contributed by atoms with E-state index in [-0.39, 0.29) is 11.7 Å². The molecule has 3 aromatic carbocycles. The number of hydrogen-bond acceptors (Lipinski definition) is 7. The third-order valence-corrected chi connectivity index (χ3v) is 6.09. The summed E-state index contributed by atoms with van der Waals surface area (Å²) in [5.74, 6) is 0.912. The first kappa shape index (κ1) is 24.0. The number of esters is 1. The van der Waals surface area contributed by atoms with Gasteiger partial charge in [0.1, 0.15) is 5.75 Å². The molecule has 0 bridgehead atoms. The molecule has 1 heterocycles. The highest BCUT2D eigenvalue weighted by Gasteiger charge is 2.18. The molecule has 0 saturated heterocycles. The first-order chi connectivity index (χ1) is 17.0. The second-order valence-corrected chi connectivity index (χ2v) is 8.56. The molecular weight excluding hydrogens is 464 g/mol. The Morgan fingerprint density at radius 2 is 1.71 bits per heavy atom. The SMILES string of the molecule is COC(=O)c1ccc(NC(=O)CSc2nnc(-c3cccc(C)c3)n2-c2ccc(OC)cc2)cc1. The van der Waals surface area contributed by atoms with E-state index < -0.39 is 5.97 Å². The van der Waals surface area contributed by atoms with Gasteiger partial charge in [0, 0.05) is 16.9 Å². The van der Waals surface area contributed by atoms with E-state index in [1.54, 1.807) is 31.4 Å². The van der Waals surface area contributed by atoms with Crippen LogP contribution in [0.1, 0.15) is 15.9 Å². The Hall–Kier alpha value is -4.11. The number of hydrogen-bond donors (Lipinski definition) is 1. The van der Waals surface area contributed by atoms with E-state index in [0.29, 0.717) is 22.2 Å². The van der Waals surface area contributed by atoms with Crippen LogP contribution < -0.4 is 10.1 Å². The lowest BCUT2D eigenvalue weighted by atomic mass is 10.1. The monoisotopic (exact) mass is 488 g/mol. The number of aryl methyl sites for hydroxylation is 1. The molecule has 0 fully saturated rings. The van der Waals surface area contributed by atoms with Gasteiger partial charge in [-0.2, -0.15) is 0 Å². The molecule has 1 amide bonds. The van der Waals surface area contributed by atoms with Gasteiger partial charge in [-0.3, -0.25) is 9.36 Å². The summed E-state index contributed by atoms with van der Waals surface area (Å²) in [5, 5.41) is 12.2. The van der Waals surface area contributed by atoms with Crippen LogP contribution in [-0.2, 0) is 9.53 Å². The molecule has 0 atom stereocenters. The van der Waals surface area contributed by atoms with E-state index in [9.17, 15) is 9.59 Å². The minimum absolute atomic E-state index is 0.126. The van der Waals surface area contributed by atoms with Crippen molar-refractivity contribution >= 4 is 29.3 Å². The van der Waals surface area contributed by atoms with Gasteiger partial charge in [0.15, 0.2) is 11.0 Å². The number of thioether (sulfide) groups is 1. The van der Waals surface area contributed by atoms with Gasteiger partial charge in [0.05, 0.1) is 25.5 Å². The van der Waals surface area contributed by atoms with Crippen molar-refractivity contribution in [3.8, 4) is 22.8 Å². The average Bonchev–Trinajstić information content (AvgIpc) is 3.31. The number of amides is 1. The van der Waals surface area contributed by atoms with Crippen LogP contribution in [0.25, 0.3) is 17.1 Å². The molecular formula is C26H24N4O4S. The molecule has 1 N–H and O–H groups in total. The van der Waals surface area contributed by atoms with Crippen molar-refractivity contribution in [1.82, 2.24) is 14.8 Å². The molecule has 0 aliphatic carbocycles. The Labute approximate surface area is 207 Å². The molecule has 0 saturated carbocycles. The van der Waals surface area contributed by atoms with E-state index in [0.717, 1.165) is 22.6 Å². The lowest BCUT2D eigenvalue weighted by Crippen LogP contribution is -2.14. The molecule has 4 rings (SSSR count). The molecule has 8 nitrogen and oxygen atoms in total. The summed E-state index contributed by atoms with van der Waals surface area (Å²) in [6.07, 6.45) is 0. The number of carbonyl (C=O) groups excluding carboxylic acids is 2. The smallest absolute Gasteiger partial charge is 0.337 e. The maximum Gasteiger partial charge on any atom is 0.337 e. The van der Waals surface area contributed by atoms with E-state index in [4.69, 9.17) is 9.47 Å². The number of benzene rings is 3. The molecule has 178 valence electrons. The molecule has 9 heteroatoms. The molecule has 1 aromatic heterocycles. The second kappa shape index (κ2) is 10.9. The van der Waals surface area contributed by atoms with Crippen LogP contribution in [0.2, 0.25) is 0 Å². The molecule has 0 radical (unpaired) electrons. The highest BCUT2D eigenvalue weighted by Crippen LogP contribution is 2.29. The maximum absolute atomic E-state index is 12.6. The van der Waals surface area contributed by atoms with Gasteiger partial charge in [-0.1, -0.05) is 35.5 Å². The van der Waals surface area contributed by atoms with Crippen molar-refractivity contribution in [2.75, 3.05) is 25.3 Å². The van der Waals surface area contributed by atoms with Gasteiger partial charge >= 0.3 is 5.97 Å². The largest absolute Gasteiger partial charge is 0.497 e. The second-order valence-electron chi connectivity index (χ2n) is 7.61. The van der Waals surface area contributed by atoms with Crippen molar-refractivity contribution in [3.05, 3.63) is 83.9 Å². The number of nitrogens with zero attached hydrogens (tertiary/aromatic N) is 3. The highest BCUT2D eigenvalue weighted by atomic mass is 32.2. The van der Waals surface area contributed by atoms with Gasteiger partial charge in [0.2, 0.25) is 5.91 Å². The van der Waals surface area contributed by atoms with Gasteiger partial charge in [-0.05, 0) is 61.5 Å². The number of anilines is 1. The Kier molecular flexibility index (Phi) is 7.47. The zero-order valence-electron chi connectivity index (χ0n) is 19.5. The van der Waals surface area contributed by atoms with Crippen LogP contribution in [0, 0.1) is 6.92 Å². The molecule has 4 aromatic rings. The van der Waals surface area contributed by atoms with Crippen LogP contribution in [0.15, 0.2) is 78.0 Å². The van der Waals surface area contributed by atoms with Crippen LogP contribution in [0.4, 0.5) is 5.69 Å². The van der Waals surface area contributed by atoms with Gasteiger partial charge in [-0.25, -0.2) is 4.79 Å². The first-order valence-electron chi connectivity index (χ1n) is 10.8. The normalized spacial score (nSPS) is 10.6. The van der Waals surface area contributed by atoms with Crippen molar-refractivity contribution in [2.24, 2.45) is 0 Å². The Morgan fingerprint density at radius 3 is 2.37 bits per heavy atom. The van der Waals surface area contributed by atoms with Crippen molar-refractivity contribution < 1.29 is 19.1 Å². The van der Waals surface area contributed by atoms with Crippen LogP contribution >= 0.6 is 11.8 Å². The van der Waals surface area contributed by atoms with Gasteiger partial charge in [0.25, 0.3) is 0 Å². The van der Waals surface area contributed by atoms with E-state index in [1.165, 1.54) is 18.9 Å². The molecule has 0 aliphatic rings. The van der Waals surface area contributed by atoms with Crippen LogP contribution in [0.5, 0.6) is 5.75 Å². The van der Waals surface area contributed by atoms with E-state index in [2.05, 4.69) is 15.5 Å². The number of nitrogens with one attached hydrogen (secondary N) is 1. The standard InChI is InChI=1S/C26H24N4O4S/c1-17-5-4-6-19(15-17)24-28-29-26(30(24)21-11-13-22(33-2)14-12-21)35-16-23(31)27-20-9-7-18(8-10-20)25(32)34-3/h4-15H,16H2,1-3H3,(H,27,31). The number of carbonyl (C=O) groups is 2. The number of aromatic nitrogens is 3. The summed E-state index contributed by atoms with van der Waals surface area (Å²) >= 11 is 1.28. The molecule has 0 spiro atoms. The zero-order valence-corrected chi connectivity index (χ0v) is 20.3. The average molecular weight is 489 g/mol. The van der Waals surface area contributed by atoms with Crippen molar-refractivity contribution in [3.63, 3.8) is 0 Å². The van der Waals surface area contributed by atoms with Crippen LogP contribution in [0.3, 0.4) is 0 Å². The number of methoxy groups -OCH3 is 2. The predicted octanol–water partition coefficient (Wildman–Crippen LogP) is 4.77. The predicted molar refractivity (Wildman–Crippen MR) is 135 cm³/mol. The number of ether oxygens (including phenoxy) is 2. The molecule has 0 aliphatic heterocycles. The fourth-order valence-electron chi connectivity index (χ4n) is 3.43. The molecule has 35 heavy (non-hydrogen) atoms. The van der Waals surface area contributed by atoms with Crippen molar-refractivity contribution in [1.29, 1.82) is 0 Å². The fraction of sp³-hybridized carbons (Fsp3) is 0.154. The maximum atomic E-state index is 12.6. The summed E-state index contributed by atoms with van der Waals surface area (Å²) in [7, 11) is 2.94. The quantitative estimate of drug-likeness (QED) is 0.282. The van der Waals surface area contributed by atoms with Crippen LogP contribution in [-0.4, -0.2) is 46.6 Å². The summed E-state index contributed by atoms with van der Waals surface area (Å²) in [6, 6.07) is 22.1. The minimum Gasteiger partial charge on any atom is -0.497 e. The Bertz CT molecular complexity index is 1330. The topological polar surface area (TPSA) is 95.3 Å². The van der Waals surface area contributed by atoms with Gasteiger partial charge in [-0.15, -0.1) is 10.2 Å². The lowest BCUT2D eigenvalue weighted by Gasteiger charge is -2.12. The van der Waals surface area contributed by atoms with E-state index in [1.807, 2.05) is 60.0 Å². The summed E-state index contributed by atoms with van der Waals surface area (Å²) in [5.41, 5.74) is 3.89. The Balaban J connectivity index is 1.55. The lowest BCUT2D eigenvalue weighted by molar-refractivity contribution is -0.113. The third-order valence-electron chi connectivity index (χ3n) is 5.16. The third kappa shape index (κ3) is 5.70. The van der Waals surface area contributed by atoms with Gasteiger partial charge < -0.3 is 14.8 Å². The summed E-state index contributed by atoms with van der Waals surface area (Å²) in [6.45, 7) is 2.02. The minimum atomic E-state index is -0.430. The fourth-order valence-corrected chi connectivity index (χ4v) is 4.19. The zero-order chi connectivity index (χ0) is 24.8. The summed E-state index contributed by atoms with van der Waals surface area (Å²) < 4.78 is 11.9. The van der Waals surface area contributed by atoms with E-state index >= 15 is 0 Å². The highest BCUT2D eigenvalue weighted by molar-refractivity contribution is 7.99. The molecule has 0 unspecified atom stereocenters. The summed E-state index contributed by atoms with van der Waals surface area (Å²) in [4.78, 5) is 24.2. The Morgan fingerprint density at radius 1 is 0.971 bits per heavy atom. The van der Waals surface area contributed by atoms with Crippen molar-refractivity contribution in [2.45, 2.75) is 12.1 Å².